The molecule has 1 atom stereocenters. The van der Waals surface area contributed by atoms with Gasteiger partial charge in [0.2, 0.25) is 5.91 Å². The van der Waals surface area contributed by atoms with Crippen molar-refractivity contribution in [3.05, 3.63) is 12.2 Å². The zero-order valence-corrected chi connectivity index (χ0v) is 10.4. The molecule has 94 valence electrons. The van der Waals surface area contributed by atoms with E-state index in [2.05, 4.69) is 15.4 Å². The average molecular weight is 237 g/mol. The van der Waals surface area contributed by atoms with E-state index in [0.717, 1.165) is 31.8 Å². The maximum atomic E-state index is 11.9. The number of carbonyl (C=O) groups excluding carboxylic acids is 1. The summed E-state index contributed by atoms with van der Waals surface area (Å²) in [5.41, 5.74) is 0. The van der Waals surface area contributed by atoms with Crippen molar-refractivity contribution in [3.8, 4) is 0 Å². The molecule has 1 aliphatic heterocycles. The van der Waals surface area contributed by atoms with Gasteiger partial charge in [-0.05, 0) is 13.0 Å². The van der Waals surface area contributed by atoms with E-state index < -0.39 is 0 Å². The van der Waals surface area contributed by atoms with E-state index in [1.54, 1.807) is 11.0 Å². The van der Waals surface area contributed by atoms with Crippen LogP contribution in [0.15, 0.2) is 6.33 Å². The summed E-state index contributed by atoms with van der Waals surface area (Å²) in [6, 6.07) is 0.0108. The number of aromatic nitrogens is 3. The quantitative estimate of drug-likeness (QED) is 0.754. The Morgan fingerprint density at radius 2 is 2.41 bits per heavy atom. The summed E-state index contributed by atoms with van der Waals surface area (Å²) >= 11 is 0. The third kappa shape index (κ3) is 2.82. The van der Waals surface area contributed by atoms with Crippen LogP contribution in [-0.2, 0) is 18.3 Å². The minimum atomic E-state index is 0.0108. The van der Waals surface area contributed by atoms with E-state index in [1.165, 1.54) is 0 Å². The first-order chi connectivity index (χ1) is 8.20. The van der Waals surface area contributed by atoms with Gasteiger partial charge in [0.15, 0.2) is 5.82 Å². The Kier molecular flexibility index (Phi) is 3.73. The lowest BCUT2D eigenvalue weighted by Crippen LogP contribution is -2.38. The molecule has 2 heterocycles. The Labute approximate surface area is 101 Å². The number of hydrogen-bond donors (Lipinski definition) is 1. The lowest BCUT2D eigenvalue weighted by Gasteiger charge is -2.15. The van der Waals surface area contributed by atoms with Crippen molar-refractivity contribution in [2.75, 3.05) is 19.6 Å². The van der Waals surface area contributed by atoms with Crippen molar-refractivity contribution in [1.29, 1.82) is 0 Å². The molecule has 0 saturated carbocycles. The number of nitrogens with zero attached hydrogens (tertiary/aromatic N) is 4. The van der Waals surface area contributed by atoms with Gasteiger partial charge >= 0.3 is 0 Å². The SMILES string of the molecule is CCNC1CCN(CCc2ncn(C)n2)C1=O. The first kappa shape index (κ1) is 12.0. The molecule has 0 aromatic carbocycles. The van der Waals surface area contributed by atoms with E-state index in [0.29, 0.717) is 6.54 Å². The fourth-order valence-corrected chi connectivity index (χ4v) is 2.13. The molecule has 0 aliphatic carbocycles. The lowest BCUT2D eigenvalue weighted by molar-refractivity contribution is -0.129. The van der Waals surface area contributed by atoms with Gasteiger partial charge in [-0.2, -0.15) is 5.10 Å². The van der Waals surface area contributed by atoms with Crippen LogP contribution in [0.1, 0.15) is 19.2 Å². The first-order valence-corrected chi connectivity index (χ1v) is 6.07. The predicted molar refractivity (Wildman–Crippen MR) is 63.4 cm³/mol. The maximum absolute atomic E-state index is 11.9. The number of hydrogen-bond acceptors (Lipinski definition) is 4. The Balaban J connectivity index is 1.82. The molecular weight excluding hydrogens is 218 g/mol. The van der Waals surface area contributed by atoms with Gasteiger partial charge in [-0.3, -0.25) is 9.48 Å². The van der Waals surface area contributed by atoms with Gasteiger partial charge in [0, 0.05) is 26.6 Å². The Morgan fingerprint density at radius 3 is 3.06 bits per heavy atom. The van der Waals surface area contributed by atoms with Gasteiger partial charge in [0.05, 0.1) is 6.04 Å². The third-order valence-electron chi connectivity index (χ3n) is 3.00. The van der Waals surface area contributed by atoms with Crippen LogP contribution >= 0.6 is 0 Å². The molecule has 1 aromatic heterocycles. The summed E-state index contributed by atoms with van der Waals surface area (Å²) in [7, 11) is 1.85. The Hall–Kier alpha value is -1.43. The van der Waals surface area contributed by atoms with Crippen molar-refractivity contribution in [2.45, 2.75) is 25.8 Å². The number of nitrogens with one attached hydrogen (secondary N) is 1. The van der Waals surface area contributed by atoms with Crippen molar-refractivity contribution in [1.82, 2.24) is 25.0 Å². The number of likely N-dealkylation sites (N-methyl/N-ethyl adjacent to an activating group) is 1. The summed E-state index contributed by atoms with van der Waals surface area (Å²) in [6.45, 7) is 4.41. The number of rotatable bonds is 5. The Bertz CT molecular complexity index is 389. The molecule has 1 N–H and O–H groups in total. The normalized spacial score (nSPS) is 20.2. The molecule has 2 rings (SSSR count). The minimum absolute atomic E-state index is 0.0108. The highest BCUT2D eigenvalue weighted by molar-refractivity contribution is 5.83. The van der Waals surface area contributed by atoms with Crippen molar-refractivity contribution >= 4 is 5.91 Å². The van der Waals surface area contributed by atoms with Crippen LogP contribution in [-0.4, -0.2) is 51.2 Å². The molecule has 0 bridgehead atoms. The molecule has 1 aromatic rings. The van der Waals surface area contributed by atoms with Crippen LogP contribution < -0.4 is 5.32 Å². The molecule has 1 unspecified atom stereocenters. The fourth-order valence-electron chi connectivity index (χ4n) is 2.13. The van der Waals surface area contributed by atoms with Gasteiger partial charge in [-0.1, -0.05) is 6.92 Å². The fraction of sp³-hybridized carbons (Fsp3) is 0.727. The van der Waals surface area contributed by atoms with Crippen molar-refractivity contribution in [2.24, 2.45) is 7.05 Å². The zero-order valence-electron chi connectivity index (χ0n) is 10.4. The van der Waals surface area contributed by atoms with Crippen LogP contribution in [0.3, 0.4) is 0 Å². The molecule has 1 fully saturated rings. The molecule has 6 heteroatoms. The molecule has 0 radical (unpaired) electrons. The highest BCUT2D eigenvalue weighted by Gasteiger charge is 2.30. The highest BCUT2D eigenvalue weighted by Crippen LogP contribution is 2.11. The lowest BCUT2D eigenvalue weighted by atomic mass is 10.2. The van der Waals surface area contributed by atoms with E-state index in [4.69, 9.17) is 0 Å². The van der Waals surface area contributed by atoms with Crippen molar-refractivity contribution < 1.29 is 4.79 Å². The van der Waals surface area contributed by atoms with Crippen LogP contribution in [0.2, 0.25) is 0 Å². The smallest absolute Gasteiger partial charge is 0.239 e. The van der Waals surface area contributed by atoms with E-state index in [9.17, 15) is 4.79 Å². The number of likely N-dealkylation sites (tertiary alicyclic amines) is 1. The highest BCUT2D eigenvalue weighted by atomic mass is 16.2. The molecular formula is C11H19N5O. The second-order valence-corrected chi connectivity index (χ2v) is 4.31. The molecule has 17 heavy (non-hydrogen) atoms. The number of aryl methyl sites for hydroxylation is 1. The summed E-state index contributed by atoms with van der Waals surface area (Å²) < 4.78 is 1.68. The van der Waals surface area contributed by atoms with E-state index in [-0.39, 0.29) is 11.9 Å². The monoisotopic (exact) mass is 237 g/mol. The number of carbonyl (C=O) groups is 1. The van der Waals surface area contributed by atoms with Crippen LogP contribution in [0, 0.1) is 0 Å². The minimum Gasteiger partial charge on any atom is -0.341 e. The zero-order chi connectivity index (χ0) is 12.3. The second-order valence-electron chi connectivity index (χ2n) is 4.31. The average Bonchev–Trinajstić information content (AvgIpc) is 2.86. The molecule has 1 amide bonds. The predicted octanol–water partition coefficient (Wildman–Crippen LogP) is -0.432. The molecule has 6 nitrogen and oxygen atoms in total. The summed E-state index contributed by atoms with van der Waals surface area (Å²) in [5, 5.41) is 7.40. The topological polar surface area (TPSA) is 63.1 Å². The molecule has 0 spiro atoms. The summed E-state index contributed by atoms with van der Waals surface area (Å²) in [5.74, 6) is 1.01. The maximum Gasteiger partial charge on any atom is 0.239 e. The molecule has 1 aliphatic rings. The molecule has 1 saturated heterocycles. The second kappa shape index (κ2) is 5.27. The summed E-state index contributed by atoms with van der Waals surface area (Å²) in [4.78, 5) is 18.0. The van der Waals surface area contributed by atoms with Crippen LogP contribution in [0.5, 0.6) is 0 Å². The summed E-state index contributed by atoms with van der Waals surface area (Å²) in [6.07, 6.45) is 3.32. The van der Waals surface area contributed by atoms with E-state index >= 15 is 0 Å². The van der Waals surface area contributed by atoms with Crippen molar-refractivity contribution in [3.63, 3.8) is 0 Å². The standard InChI is InChI=1S/C11H19N5O/c1-3-12-9-4-6-16(11(9)17)7-5-10-13-8-15(2)14-10/h8-9,12H,3-7H2,1-2H3. The van der Waals surface area contributed by atoms with Crippen LogP contribution in [0.4, 0.5) is 0 Å². The van der Waals surface area contributed by atoms with Gasteiger partial charge in [0.1, 0.15) is 6.33 Å². The van der Waals surface area contributed by atoms with Gasteiger partial charge in [0.25, 0.3) is 0 Å². The van der Waals surface area contributed by atoms with Gasteiger partial charge in [-0.25, -0.2) is 4.98 Å². The largest absolute Gasteiger partial charge is 0.341 e. The first-order valence-electron chi connectivity index (χ1n) is 6.07. The van der Waals surface area contributed by atoms with Gasteiger partial charge in [-0.15, -0.1) is 0 Å². The van der Waals surface area contributed by atoms with E-state index in [1.807, 2.05) is 18.9 Å². The number of amides is 1. The van der Waals surface area contributed by atoms with Gasteiger partial charge < -0.3 is 10.2 Å². The Morgan fingerprint density at radius 1 is 1.59 bits per heavy atom. The third-order valence-corrected chi connectivity index (χ3v) is 3.00. The van der Waals surface area contributed by atoms with Crippen LogP contribution in [0.25, 0.3) is 0 Å².